The second-order valence-corrected chi connectivity index (χ2v) is 12.0. The molecule has 1 saturated carbocycles. The molecule has 210 valence electrons. The lowest BCUT2D eigenvalue weighted by molar-refractivity contribution is -0.0146. The third kappa shape index (κ3) is 4.45. The Hall–Kier alpha value is -2.84. The number of nitrogens with zero attached hydrogens (tertiary/aromatic N) is 1. The highest BCUT2D eigenvalue weighted by molar-refractivity contribution is 5.89. The van der Waals surface area contributed by atoms with Crippen molar-refractivity contribution in [2.75, 3.05) is 44.0 Å². The van der Waals surface area contributed by atoms with E-state index in [1.807, 2.05) is 4.90 Å². The normalized spacial score (nSPS) is 28.2. The second kappa shape index (κ2) is 10.6. The number of anilines is 2. The summed E-state index contributed by atoms with van der Waals surface area (Å²) in [4.78, 5) is 14.9. The van der Waals surface area contributed by atoms with Crippen LogP contribution in [0.15, 0.2) is 42.5 Å². The Morgan fingerprint density at radius 2 is 1.87 bits per heavy atom. The molecule has 3 fully saturated rings. The van der Waals surface area contributed by atoms with Gasteiger partial charge in [0.15, 0.2) is 0 Å². The van der Waals surface area contributed by atoms with Crippen LogP contribution in [0.3, 0.4) is 0 Å². The molecule has 7 nitrogen and oxygen atoms in total. The van der Waals surface area contributed by atoms with Gasteiger partial charge in [0.1, 0.15) is 11.6 Å². The maximum atomic E-state index is 14.2. The van der Waals surface area contributed by atoms with Gasteiger partial charge in [0.05, 0.1) is 31.0 Å². The molecule has 0 bridgehead atoms. The van der Waals surface area contributed by atoms with Crippen LogP contribution < -0.4 is 20.7 Å². The van der Waals surface area contributed by atoms with Crippen molar-refractivity contribution >= 4 is 17.4 Å². The van der Waals surface area contributed by atoms with Gasteiger partial charge >= 0.3 is 6.03 Å². The Balaban J connectivity index is 1.33. The van der Waals surface area contributed by atoms with E-state index in [9.17, 15) is 14.3 Å². The number of methoxy groups -OCH3 is 1. The third-order valence-electron chi connectivity index (χ3n) is 10.2. The molecule has 6 rings (SSSR count). The zero-order valence-corrected chi connectivity index (χ0v) is 22.8. The molecule has 3 heterocycles. The Morgan fingerprint density at radius 3 is 2.56 bits per heavy atom. The molecule has 1 spiro atoms. The standard InChI is InChI=1S/C31H41FN4O3/c1-39-22-12-13-23-26(18-22)35-31(21-8-4-2-3-5-9-21)27(19-37)33-20-30(28(23)31)14-16-36(17-15-30)29(38)34-25-11-7-6-10-24(25)32/h6-7,10-13,18,21,27-28,33,35,37H,2-5,8-9,14-17,19-20H2,1H3,(H,34,38)/t27-,28?,31?/m0/s1. The Morgan fingerprint density at radius 1 is 1.13 bits per heavy atom. The van der Waals surface area contributed by atoms with Crippen LogP contribution >= 0.6 is 0 Å². The number of nitrogens with one attached hydrogen (secondary N) is 3. The van der Waals surface area contributed by atoms with Crippen molar-refractivity contribution in [2.45, 2.75) is 68.9 Å². The lowest BCUT2D eigenvalue weighted by Crippen LogP contribution is -2.72. The Kier molecular flexibility index (Phi) is 7.18. The minimum absolute atomic E-state index is 0.0583. The molecule has 2 unspecified atom stereocenters. The minimum Gasteiger partial charge on any atom is -0.497 e. The second-order valence-electron chi connectivity index (χ2n) is 12.0. The molecule has 4 N–H and O–H groups in total. The number of benzene rings is 2. The molecule has 1 aliphatic carbocycles. The fraction of sp³-hybridized carbons (Fsp3) is 0.581. The van der Waals surface area contributed by atoms with Gasteiger partial charge in [-0.15, -0.1) is 0 Å². The maximum Gasteiger partial charge on any atom is 0.321 e. The molecule has 4 aliphatic rings. The average molecular weight is 537 g/mol. The number of para-hydroxylation sites is 1. The van der Waals surface area contributed by atoms with Crippen molar-refractivity contribution in [1.82, 2.24) is 10.2 Å². The van der Waals surface area contributed by atoms with Crippen LogP contribution in [0, 0.1) is 17.2 Å². The predicted molar refractivity (Wildman–Crippen MR) is 151 cm³/mol. The van der Waals surface area contributed by atoms with Crippen LogP contribution in [0.2, 0.25) is 0 Å². The first-order chi connectivity index (χ1) is 19.0. The molecule has 39 heavy (non-hydrogen) atoms. The van der Waals surface area contributed by atoms with Gasteiger partial charge in [-0.1, -0.05) is 43.9 Å². The molecule has 2 aromatic carbocycles. The number of piperidine rings is 2. The highest BCUT2D eigenvalue weighted by atomic mass is 19.1. The molecular weight excluding hydrogens is 495 g/mol. The number of aliphatic hydroxyl groups is 1. The molecular formula is C31H41FN4O3. The monoisotopic (exact) mass is 536 g/mol. The predicted octanol–water partition coefficient (Wildman–Crippen LogP) is 5.33. The number of aliphatic hydroxyl groups excluding tert-OH is 1. The van der Waals surface area contributed by atoms with E-state index in [-0.39, 0.29) is 41.2 Å². The van der Waals surface area contributed by atoms with E-state index >= 15 is 0 Å². The number of hydrogen-bond donors (Lipinski definition) is 4. The number of rotatable bonds is 4. The quantitative estimate of drug-likeness (QED) is 0.397. The Labute approximate surface area is 230 Å². The summed E-state index contributed by atoms with van der Waals surface area (Å²) in [6, 6.07) is 12.4. The molecule has 0 aromatic heterocycles. The number of urea groups is 1. The number of likely N-dealkylation sites (tertiary alicyclic amines) is 1. The van der Waals surface area contributed by atoms with Gasteiger partial charge < -0.3 is 30.7 Å². The fourth-order valence-electron chi connectivity index (χ4n) is 8.28. The topological polar surface area (TPSA) is 85.9 Å². The number of carbonyl (C=O) groups is 1. The summed E-state index contributed by atoms with van der Waals surface area (Å²) in [5, 5.41) is 21.3. The number of ether oxygens (including phenoxy) is 1. The van der Waals surface area contributed by atoms with E-state index in [2.05, 4.69) is 34.1 Å². The largest absolute Gasteiger partial charge is 0.497 e. The van der Waals surface area contributed by atoms with E-state index in [1.54, 1.807) is 25.3 Å². The molecule has 0 radical (unpaired) electrons. The van der Waals surface area contributed by atoms with Crippen molar-refractivity contribution in [2.24, 2.45) is 11.3 Å². The van der Waals surface area contributed by atoms with Crippen LogP contribution in [0.4, 0.5) is 20.6 Å². The number of amides is 2. The first kappa shape index (κ1) is 26.4. The lowest BCUT2D eigenvalue weighted by Gasteiger charge is -2.60. The zero-order chi connectivity index (χ0) is 27.0. The summed E-state index contributed by atoms with van der Waals surface area (Å²) in [7, 11) is 1.70. The third-order valence-corrected chi connectivity index (χ3v) is 10.2. The minimum atomic E-state index is -0.428. The number of carbonyl (C=O) groups excluding carboxylic acids is 1. The molecule has 3 aliphatic heterocycles. The van der Waals surface area contributed by atoms with E-state index in [0.717, 1.165) is 43.7 Å². The molecule has 2 saturated heterocycles. The number of hydrogen-bond acceptors (Lipinski definition) is 5. The highest BCUT2D eigenvalue weighted by Gasteiger charge is 2.64. The average Bonchev–Trinajstić information content (AvgIpc) is 3.09. The fourth-order valence-corrected chi connectivity index (χ4v) is 8.28. The SMILES string of the molecule is COc1ccc2c(c1)NC1(C3CCCCCC3)C2C2(CCN(C(=O)Nc3ccccc3F)CC2)CN[C@H]1CO. The zero-order valence-electron chi connectivity index (χ0n) is 22.8. The van der Waals surface area contributed by atoms with Crippen LogP contribution in [0.25, 0.3) is 0 Å². The maximum absolute atomic E-state index is 14.2. The van der Waals surface area contributed by atoms with E-state index in [1.165, 1.54) is 37.3 Å². The van der Waals surface area contributed by atoms with E-state index in [4.69, 9.17) is 4.74 Å². The summed E-state index contributed by atoms with van der Waals surface area (Å²) in [6.07, 6.45) is 8.97. The molecule has 2 aromatic rings. The van der Waals surface area contributed by atoms with Crippen LogP contribution in [0.5, 0.6) is 5.75 Å². The summed E-state index contributed by atoms with van der Waals surface area (Å²) < 4.78 is 19.8. The number of fused-ring (bicyclic) bond motifs is 4. The van der Waals surface area contributed by atoms with Gasteiger partial charge in [-0.2, -0.15) is 0 Å². The smallest absolute Gasteiger partial charge is 0.321 e. The summed E-state index contributed by atoms with van der Waals surface area (Å²) in [6.45, 7) is 2.09. The van der Waals surface area contributed by atoms with Crippen molar-refractivity contribution < 1.29 is 19.0 Å². The van der Waals surface area contributed by atoms with E-state index in [0.29, 0.717) is 19.0 Å². The van der Waals surface area contributed by atoms with Gasteiger partial charge in [-0.25, -0.2) is 9.18 Å². The summed E-state index contributed by atoms with van der Waals surface area (Å²) in [5.41, 5.74) is 2.26. The van der Waals surface area contributed by atoms with Crippen molar-refractivity contribution in [3.8, 4) is 5.75 Å². The highest BCUT2D eigenvalue weighted by Crippen LogP contribution is 2.62. The van der Waals surface area contributed by atoms with Crippen molar-refractivity contribution in [1.29, 1.82) is 0 Å². The van der Waals surface area contributed by atoms with Gasteiger partial charge in [0.25, 0.3) is 0 Å². The van der Waals surface area contributed by atoms with Gasteiger partial charge in [0.2, 0.25) is 0 Å². The van der Waals surface area contributed by atoms with Gasteiger partial charge in [-0.05, 0) is 60.8 Å². The molecule has 2 amide bonds. The first-order valence-corrected chi connectivity index (χ1v) is 14.6. The number of halogens is 1. The molecule has 3 atom stereocenters. The van der Waals surface area contributed by atoms with Gasteiger partial charge in [-0.3, -0.25) is 0 Å². The van der Waals surface area contributed by atoms with Crippen LogP contribution in [-0.2, 0) is 0 Å². The van der Waals surface area contributed by atoms with E-state index < -0.39 is 5.82 Å². The van der Waals surface area contributed by atoms with Crippen LogP contribution in [0.1, 0.15) is 62.8 Å². The van der Waals surface area contributed by atoms with Crippen molar-refractivity contribution in [3.05, 3.63) is 53.8 Å². The summed E-state index contributed by atoms with van der Waals surface area (Å²) in [5.74, 6) is 1.05. The first-order valence-electron chi connectivity index (χ1n) is 14.6. The summed E-state index contributed by atoms with van der Waals surface area (Å²) >= 11 is 0. The Bertz CT molecular complexity index is 1190. The van der Waals surface area contributed by atoms with Gasteiger partial charge in [0, 0.05) is 37.3 Å². The van der Waals surface area contributed by atoms with Crippen LogP contribution in [-0.4, -0.2) is 61.0 Å². The van der Waals surface area contributed by atoms with Crippen molar-refractivity contribution in [3.63, 3.8) is 0 Å². The molecule has 8 heteroatoms. The lowest BCUT2D eigenvalue weighted by atomic mass is 9.52.